The summed E-state index contributed by atoms with van der Waals surface area (Å²) < 4.78 is 0. The molecule has 0 fully saturated rings. The molecule has 0 spiro atoms. The lowest BCUT2D eigenvalue weighted by molar-refractivity contribution is 1.15. The number of hydrogen-bond donors (Lipinski definition) is 2. The van der Waals surface area contributed by atoms with E-state index in [4.69, 9.17) is 5.84 Å². The average Bonchev–Trinajstić information content (AvgIpc) is 2.78. The third-order valence-electron chi connectivity index (χ3n) is 2.03. The van der Waals surface area contributed by atoms with Gasteiger partial charge >= 0.3 is 0 Å². The number of aryl methyl sites for hydroxylation is 1. The lowest BCUT2D eigenvalue weighted by Gasteiger charge is -1.99. The van der Waals surface area contributed by atoms with E-state index in [2.05, 4.69) is 28.4 Å². The van der Waals surface area contributed by atoms with Crippen molar-refractivity contribution in [3.63, 3.8) is 0 Å². The van der Waals surface area contributed by atoms with Crippen molar-refractivity contribution in [2.45, 2.75) is 13.3 Å². The predicted octanol–water partition coefficient (Wildman–Crippen LogP) is 2.05. The fourth-order valence-electron chi connectivity index (χ4n) is 1.25. The Bertz CT molecular complexity index is 452. The Kier molecular flexibility index (Phi) is 2.94. The second-order valence-electron chi connectivity index (χ2n) is 3.03. The molecule has 0 radical (unpaired) electrons. The molecule has 3 N–H and O–H groups in total. The van der Waals surface area contributed by atoms with Crippen LogP contribution < -0.4 is 11.3 Å². The van der Waals surface area contributed by atoms with Crippen LogP contribution in [0.15, 0.2) is 24.4 Å². The van der Waals surface area contributed by atoms with Gasteiger partial charge in [-0.05, 0) is 18.6 Å². The molecule has 2 rings (SSSR count). The van der Waals surface area contributed by atoms with Crippen LogP contribution in [-0.4, -0.2) is 9.97 Å². The molecule has 0 aromatic carbocycles. The molecule has 78 valence electrons. The van der Waals surface area contributed by atoms with Crippen molar-refractivity contribution in [1.29, 1.82) is 0 Å². The highest BCUT2D eigenvalue weighted by Crippen LogP contribution is 2.25. The van der Waals surface area contributed by atoms with Crippen LogP contribution in [0.2, 0.25) is 0 Å². The number of hydrazine groups is 1. The number of hydrogen-bond acceptors (Lipinski definition) is 5. The molecule has 0 aliphatic heterocycles. The Morgan fingerprint density at radius 1 is 1.40 bits per heavy atom. The zero-order chi connectivity index (χ0) is 10.7. The topological polar surface area (TPSA) is 63.8 Å². The smallest absolute Gasteiger partial charge is 0.171 e. The van der Waals surface area contributed by atoms with E-state index in [1.807, 2.05) is 6.07 Å². The van der Waals surface area contributed by atoms with Gasteiger partial charge in [0.25, 0.3) is 0 Å². The van der Waals surface area contributed by atoms with Gasteiger partial charge in [0.1, 0.15) is 5.82 Å². The van der Waals surface area contributed by atoms with E-state index >= 15 is 0 Å². The SMILES string of the molecule is CCc1ccc(-c2nccc(NN)n2)s1. The summed E-state index contributed by atoms with van der Waals surface area (Å²) in [5.41, 5.74) is 2.51. The molecule has 2 heterocycles. The molecule has 0 amide bonds. The van der Waals surface area contributed by atoms with Crippen LogP contribution in [0.4, 0.5) is 5.82 Å². The van der Waals surface area contributed by atoms with E-state index in [-0.39, 0.29) is 0 Å². The van der Waals surface area contributed by atoms with E-state index in [9.17, 15) is 0 Å². The number of nitrogens with one attached hydrogen (secondary N) is 1. The molecule has 0 saturated heterocycles. The minimum Gasteiger partial charge on any atom is -0.308 e. The average molecular weight is 220 g/mol. The maximum absolute atomic E-state index is 5.29. The summed E-state index contributed by atoms with van der Waals surface area (Å²) in [6, 6.07) is 5.88. The van der Waals surface area contributed by atoms with Crippen LogP contribution in [0.5, 0.6) is 0 Å². The number of nitrogen functional groups attached to an aromatic ring is 1. The van der Waals surface area contributed by atoms with Crippen LogP contribution in [0.3, 0.4) is 0 Å². The quantitative estimate of drug-likeness (QED) is 0.614. The number of aromatic nitrogens is 2. The maximum atomic E-state index is 5.29. The van der Waals surface area contributed by atoms with E-state index in [0.717, 1.165) is 17.1 Å². The number of nitrogens with zero attached hydrogens (tertiary/aromatic N) is 2. The molecular weight excluding hydrogens is 208 g/mol. The molecule has 4 nitrogen and oxygen atoms in total. The van der Waals surface area contributed by atoms with E-state index in [0.29, 0.717) is 5.82 Å². The molecule has 2 aromatic rings. The number of thiophene rings is 1. The van der Waals surface area contributed by atoms with E-state index in [1.54, 1.807) is 23.6 Å². The first-order valence-electron chi connectivity index (χ1n) is 4.72. The van der Waals surface area contributed by atoms with Gasteiger partial charge < -0.3 is 5.43 Å². The number of nitrogens with two attached hydrogens (primary N) is 1. The number of rotatable bonds is 3. The van der Waals surface area contributed by atoms with Gasteiger partial charge in [-0.2, -0.15) is 0 Å². The Labute approximate surface area is 92.2 Å². The first-order valence-corrected chi connectivity index (χ1v) is 5.54. The van der Waals surface area contributed by atoms with Gasteiger partial charge in [0.15, 0.2) is 5.82 Å². The zero-order valence-corrected chi connectivity index (χ0v) is 9.21. The molecule has 0 bridgehead atoms. The maximum Gasteiger partial charge on any atom is 0.171 e. The second kappa shape index (κ2) is 4.37. The highest BCUT2D eigenvalue weighted by Gasteiger charge is 2.05. The first-order chi connectivity index (χ1) is 7.33. The summed E-state index contributed by atoms with van der Waals surface area (Å²) in [5, 5.41) is 0. The van der Waals surface area contributed by atoms with Gasteiger partial charge in [-0.15, -0.1) is 11.3 Å². The molecule has 0 aliphatic rings. The van der Waals surface area contributed by atoms with Crippen LogP contribution in [0.1, 0.15) is 11.8 Å². The summed E-state index contributed by atoms with van der Waals surface area (Å²) >= 11 is 1.71. The minimum absolute atomic E-state index is 0.631. The third kappa shape index (κ3) is 2.14. The Balaban J connectivity index is 2.35. The normalized spacial score (nSPS) is 10.3. The molecule has 2 aromatic heterocycles. The van der Waals surface area contributed by atoms with Crippen LogP contribution in [-0.2, 0) is 6.42 Å². The van der Waals surface area contributed by atoms with E-state index < -0.39 is 0 Å². The van der Waals surface area contributed by atoms with E-state index in [1.165, 1.54) is 4.88 Å². The van der Waals surface area contributed by atoms with Crippen LogP contribution in [0.25, 0.3) is 10.7 Å². The third-order valence-corrected chi connectivity index (χ3v) is 3.26. The standard InChI is InChI=1S/C10H12N4S/c1-2-7-3-4-8(15-7)10-12-6-5-9(13-10)14-11/h3-6H,2,11H2,1H3,(H,12,13,14). The molecule has 15 heavy (non-hydrogen) atoms. The molecule has 0 aliphatic carbocycles. The summed E-state index contributed by atoms with van der Waals surface area (Å²) in [5.74, 6) is 6.64. The highest BCUT2D eigenvalue weighted by molar-refractivity contribution is 7.15. The molecular formula is C10H12N4S. The fourth-order valence-corrected chi connectivity index (χ4v) is 2.13. The molecule has 0 saturated carbocycles. The lowest BCUT2D eigenvalue weighted by atomic mass is 10.3. The van der Waals surface area contributed by atoms with Crippen molar-refractivity contribution in [2.24, 2.45) is 5.84 Å². The second-order valence-corrected chi connectivity index (χ2v) is 4.20. The lowest BCUT2D eigenvalue weighted by Crippen LogP contribution is -2.08. The van der Waals surface area contributed by atoms with Gasteiger partial charge in [-0.3, -0.25) is 0 Å². The van der Waals surface area contributed by atoms with Crippen molar-refractivity contribution in [3.05, 3.63) is 29.3 Å². The van der Waals surface area contributed by atoms with Crippen molar-refractivity contribution >= 4 is 17.2 Å². The highest BCUT2D eigenvalue weighted by atomic mass is 32.1. The van der Waals surface area contributed by atoms with Crippen molar-refractivity contribution in [2.75, 3.05) is 5.43 Å². The molecule has 0 atom stereocenters. The zero-order valence-electron chi connectivity index (χ0n) is 8.40. The predicted molar refractivity (Wildman–Crippen MR) is 62.5 cm³/mol. The van der Waals surface area contributed by atoms with Crippen LogP contribution in [0, 0.1) is 0 Å². The summed E-state index contributed by atoms with van der Waals surface area (Å²) in [6.45, 7) is 2.13. The summed E-state index contributed by atoms with van der Waals surface area (Å²) in [7, 11) is 0. The Hall–Kier alpha value is -1.46. The van der Waals surface area contributed by atoms with Crippen LogP contribution >= 0.6 is 11.3 Å². The fraction of sp³-hybridized carbons (Fsp3) is 0.200. The largest absolute Gasteiger partial charge is 0.308 e. The first kappa shape index (κ1) is 10.1. The Morgan fingerprint density at radius 3 is 2.93 bits per heavy atom. The number of anilines is 1. The Morgan fingerprint density at radius 2 is 2.27 bits per heavy atom. The van der Waals surface area contributed by atoms with Gasteiger partial charge in [-0.1, -0.05) is 6.92 Å². The van der Waals surface area contributed by atoms with Crippen molar-refractivity contribution in [3.8, 4) is 10.7 Å². The molecule has 5 heteroatoms. The van der Waals surface area contributed by atoms with Gasteiger partial charge in [0, 0.05) is 17.1 Å². The summed E-state index contributed by atoms with van der Waals surface area (Å²) in [6.07, 6.45) is 2.74. The monoisotopic (exact) mass is 220 g/mol. The van der Waals surface area contributed by atoms with Crippen molar-refractivity contribution in [1.82, 2.24) is 9.97 Å². The van der Waals surface area contributed by atoms with Gasteiger partial charge in [0.05, 0.1) is 4.88 Å². The van der Waals surface area contributed by atoms with Crippen molar-refractivity contribution < 1.29 is 0 Å². The van der Waals surface area contributed by atoms with Gasteiger partial charge in [0.2, 0.25) is 0 Å². The molecule has 0 unspecified atom stereocenters. The van der Waals surface area contributed by atoms with Gasteiger partial charge in [-0.25, -0.2) is 15.8 Å². The minimum atomic E-state index is 0.631. The summed E-state index contributed by atoms with van der Waals surface area (Å²) in [4.78, 5) is 10.9.